The molecule has 0 amide bonds. The molecule has 0 fully saturated rings. The van der Waals surface area contributed by atoms with Crippen molar-refractivity contribution in [3.05, 3.63) is 32.7 Å². The van der Waals surface area contributed by atoms with Gasteiger partial charge in [0.05, 0.1) is 6.10 Å². The van der Waals surface area contributed by atoms with Gasteiger partial charge in [-0.05, 0) is 61.9 Å². The van der Waals surface area contributed by atoms with Crippen LogP contribution in [-0.4, -0.2) is 17.8 Å². The zero-order chi connectivity index (χ0) is 12.8. The molecular weight excluding hydrogens is 346 g/mol. The highest BCUT2D eigenvalue weighted by Gasteiger charge is 2.06. The number of rotatable bonds is 6. The lowest BCUT2D eigenvalue weighted by atomic mass is 10.1. The van der Waals surface area contributed by atoms with E-state index in [1.165, 1.54) is 5.56 Å². The lowest BCUT2D eigenvalue weighted by Crippen LogP contribution is -2.27. The lowest BCUT2D eigenvalue weighted by molar-refractivity contribution is 0.146. The minimum absolute atomic E-state index is 0.256. The summed E-state index contributed by atoms with van der Waals surface area (Å²) in [7, 11) is 0. The van der Waals surface area contributed by atoms with Crippen LogP contribution in [0.5, 0.6) is 0 Å². The molecule has 1 aromatic rings. The fourth-order valence-corrected chi connectivity index (χ4v) is 2.33. The lowest BCUT2D eigenvalue weighted by Gasteiger charge is -2.14. The predicted molar refractivity (Wildman–Crippen MR) is 79.0 cm³/mol. The summed E-state index contributed by atoms with van der Waals surface area (Å²) in [5.41, 5.74) is 1.21. The van der Waals surface area contributed by atoms with Crippen LogP contribution in [0.1, 0.15) is 25.8 Å². The van der Waals surface area contributed by atoms with E-state index in [0.29, 0.717) is 12.5 Å². The van der Waals surface area contributed by atoms with Gasteiger partial charge in [-0.3, -0.25) is 0 Å². The van der Waals surface area contributed by atoms with E-state index in [4.69, 9.17) is 0 Å². The quantitative estimate of drug-likeness (QED) is 0.806. The molecule has 1 aromatic carbocycles. The molecule has 0 heterocycles. The average Bonchev–Trinajstić information content (AvgIpc) is 2.22. The Bertz CT molecular complexity index is 355. The van der Waals surface area contributed by atoms with Gasteiger partial charge in [0.15, 0.2) is 0 Å². The molecule has 17 heavy (non-hydrogen) atoms. The number of hydrogen-bond acceptors (Lipinski definition) is 2. The van der Waals surface area contributed by atoms with Gasteiger partial charge in [0, 0.05) is 22.0 Å². The maximum Gasteiger partial charge on any atom is 0.0667 e. The number of hydrogen-bond donors (Lipinski definition) is 2. The summed E-state index contributed by atoms with van der Waals surface area (Å²) >= 11 is 6.92. The Morgan fingerprint density at radius 1 is 1.24 bits per heavy atom. The minimum Gasteiger partial charge on any atom is -0.392 e. The molecule has 0 radical (unpaired) electrons. The van der Waals surface area contributed by atoms with Crippen LogP contribution < -0.4 is 5.32 Å². The van der Waals surface area contributed by atoms with Crippen LogP contribution in [0, 0.1) is 5.92 Å². The average molecular weight is 365 g/mol. The molecule has 0 aliphatic carbocycles. The highest BCUT2D eigenvalue weighted by atomic mass is 79.9. The molecule has 0 bridgehead atoms. The second kappa shape index (κ2) is 7.52. The molecule has 2 nitrogen and oxygen atoms in total. The van der Waals surface area contributed by atoms with Crippen LogP contribution in [0.4, 0.5) is 0 Å². The van der Waals surface area contributed by atoms with Crippen molar-refractivity contribution in [2.45, 2.75) is 32.9 Å². The van der Waals surface area contributed by atoms with E-state index in [1.807, 2.05) is 6.07 Å². The largest absolute Gasteiger partial charge is 0.392 e. The number of halogens is 2. The Kier molecular flexibility index (Phi) is 6.70. The summed E-state index contributed by atoms with van der Waals surface area (Å²) in [5, 5.41) is 13.0. The van der Waals surface area contributed by atoms with Crippen molar-refractivity contribution in [2.24, 2.45) is 5.92 Å². The van der Waals surface area contributed by atoms with E-state index in [0.717, 1.165) is 21.9 Å². The summed E-state index contributed by atoms with van der Waals surface area (Å²) in [4.78, 5) is 0. The molecule has 0 saturated heterocycles. The molecule has 0 saturated carbocycles. The highest BCUT2D eigenvalue weighted by Crippen LogP contribution is 2.23. The highest BCUT2D eigenvalue weighted by molar-refractivity contribution is 9.13. The van der Waals surface area contributed by atoms with Crippen molar-refractivity contribution in [3.63, 3.8) is 0 Å². The van der Waals surface area contributed by atoms with Gasteiger partial charge in [0.2, 0.25) is 0 Å². The van der Waals surface area contributed by atoms with Crippen LogP contribution >= 0.6 is 31.9 Å². The first-order chi connectivity index (χ1) is 7.99. The van der Waals surface area contributed by atoms with Crippen molar-refractivity contribution in [3.8, 4) is 0 Å². The van der Waals surface area contributed by atoms with E-state index in [2.05, 4.69) is 63.2 Å². The summed E-state index contributed by atoms with van der Waals surface area (Å²) in [6, 6.07) is 6.16. The molecule has 96 valence electrons. The zero-order valence-corrected chi connectivity index (χ0v) is 13.4. The van der Waals surface area contributed by atoms with Crippen LogP contribution in [-0.2, 0) is 6.54 Å². The Balaban J connectivity index is 2.33. The monoisotopic (exact) mass is 363 g/mol. The fourth-order valence-electron chi connectivity index (χ4n) is 1.66. The first-order valence-corrected chi connectivity index (χ1v) is 7.40. The van der Waals surface area contributed by atoms with Gasteiger partial charge in [0.1, 0.15) is 0 Å². The third-order valence-corrected chi connectivity index (χ3v) is 4.32. The van der Waals surface area contributed by atoms with E-state index in [-0.39, 0.29) is 6.10 Å². The third-order valence-electron chi connectivity index (χ3n) is 2.44. The van der Waals surface area contributed by atoms with E-state index in [9.17, 15) is 5.11 Å². The Morgan fingerprint density at radius 2 is 1.94 bits per heavy atom. The summed E-state index contributed by atoms with van der Waals surface area (Å²) in [6.07, 6.45) is 0.589. The standard InChI is InChI=1S/C13H19Br2NO/c1-9(2)5-11(17)8-16-7-10-3-4-12(14)13(15)6-10/h3-4,6,9,11,16-17H,5,7-8H2,1-2H3. The molecule has 1 rings (SSSR count). The first kappa shape index (κ1) is 15.2. The molecule has 0 aliphatic heterocycles. The van der Waals surface area contributed by atoms with Gasteiger partial charge in [-0.15, -0.1) is 0 Å². The Morgan fingerprint density at radius 3 is 2.53 bits per heavy atom. The summed E-state index contributed by atoms with van der Waals surface area (Å²) in [6.45, 7) is 5.66. The van der Waals surface area contributed by atoms with Crippen LogP contribution in [0.2, 0.25) is 0 Å². The van der Waals surface area contributed by atoms with Crippen molar-refractivity contribution in [2.75, 3.05) is 6.54 Å². The van der Waals surface area contributed by atoms with Gasteiger partial charge in [-0.25, -0.2) is 0 Å². The van der Waals surface area contributed by atoms with E-state index < -0.39 is 0 Å². The number of benzene rings is 1. The molecule has 2 N–H and O–H groups in total. The Hall–Kier alpha value is 0.1000. The molecule has 0 spiro atoms. The number of aliphatic hydroxyl groups is 1. The zero-order valence-electron chi connectivity index (χ0n) is 10.2. The Labute approximate surface area is 120 Å². The number of nitrogens with one attached hydrogen (secondary N) is 1. The fraction of sp³-hybridized carbons (Fsp3) is 0.538. The van der Waals surface area contributed by atoms with Gasteiger partial charge in [0.25, 0.3) is 0 Å². The summed E-state index contributed by atoms with van der Waals surface area (Å²) in [5.74, 6) is 0.536. The number of aliphatic hydroxyl groups excluding tert-OH is 1. The van der Waals surface area contributed by atoms with Crippen LogP contribution in [0.15, 0.2) is 27.1 Å². The van der Waals surface area contributed by atoms with Crippen molar-refractivity contribution < 1.29 is 5.11 Å². The van der Waals surface area contributed by atoms with Gasteiger partial charge >= 0.3 is 0 Å². The molecule has 4 heteroatoms. The molecule has 1 atom stereocenters. The summed E-state index contributed by atoms with van der Waals surface area (Å²) < 4.78 is 2.11. The molecule has 0 aromatic heterocycles. The van der Waals surface area contributed by atoms with Crippen molar-refractivity contribution >= 4 is 31.9 Å². The van der Waals surface area contributed by atoms with Crippen LogP contribution in [0.25, 0.3) is 0 Å². The molecular formula is C13H19Br2NO. The van der Waals surface area contributed by atoms with Crippen LogP contribution in [0.3, 0.4) is 0 Å². The second-order valence-corrected chi connectivity index (χ2v) is 6.37. The van der Waals surface area contributed by atoms with Crippen molar-refractivity contribution in [1.82, 2.24) is 5.32 Å². The van der Waals surface area contributed by atoms with E-state index >= 15 is 0 Å². The van der Waals surface area contributed by atoms with Gasteiger partial charge in [-0.1, -0.05) is 19.9 Å². The SMILES string of the molecule is CC(C)CC(O)CNCc1ccc(Br)c(Br)c1. The van der Waals surface area contributed by atoms with Gasteiger partial charge < -0.3 is 10.4 Å². The first-order valence-electron chi connectivity index (χ1n) is 5.81. The topological polar surface area (TPSA) is 32.3 Å². The van der Waals surface area contributed by atoms with Crippen molar-refractivity contribution in [1.29, 1.82) is 0 Å². The van der Waals surface area contributed by atoms with Gasteiger partial charge in [-0.2, -0.15) is 0 Å². The third kappa shape index (κ3) is 6.00. The molecule has 0 aliphatic rings. The maximum atomic E-state index is 9.72. The maximum absolute atomic E-state index is 9.72. The second-order valence-electron chi connectivity index (χ2n) is 4.66. The normalized spacial score (nSPS) is 13.1. The molecule has 1 unspecified atom stereocenters. The van der Waals surface area contributed by atoms with E-state index in [1.54, 1.807) is 0 Å². The minimum atomic E-state index is -0.256. The predicted octanol–water partition coefficient (Wildman–Crippen LogP) is 3.71. The smallest absolute Gasteiger partial charge is 0.0667 e.